The second-order valence-electron chi connectivity index (χ2n) is 6.33. The molecule has 0 saturated heterocycles. The first-order valence-corrected chi connectivity index (χ1v) is 10.7. The van der Waals surface area contributed by atoms with Gasteiger partial charge in [-0.25, -0.2) is 13.1 Å². The number of hydrogen-bond donors (Lipinski definition) is 2. The molecule has 0 unspecified atom stereocenters. The predicted octanol–water partition coefficient (Wildman–Crippen LogP) is 1.54. The molecule has 2 rings (SSSR count). The van der Waals surface area contributed by atoms with E-state index in [9.17, 15) is 8.42 Å². The number of hydrogen-bond acceptors (Lipinski definition) is 3. The zero-order valence-electron chi connectivity index (χ0n) is 16.2. The summed E-state index contributed by atoms with van der Waals surface area (Å²) in [6.07, 6.45) is 2.00. The van der Waals surface area contributed by atoms with Gasteiger partial charge >= 0.3 is 0 Å². The van der Waals surface area contributed by atoms with Crippen molar-refractivity contribution in [2.75, 3.05) is 25.9 Å². The molecule has 27 heavy (non-hydrogen) atoms. The second-order valence-corrected chi connectivity index (χ2v) is 8.25. The Hall–Kier alpha value is -2.32. The van der Waals surface area contributed by atoms with Gasteiger partial charge in [0.1, 0.15) is 0 Å². The van der Waals surface area contributed by atoms with Crippen molar-refractivity contribution in [2.24, 2.45) is 12.0 Å². The summed E-state index contributed by atoms with van der Waals surface area (Å²) in [4.78, 5) is 6.46. The van der Waals surface area contributed by atoms with E-state index in [1.165, 1.54) is 0 Å². The van der Waals surface area contributed by atoms with Gasteiger partial charge in [0.25, 0.3) is 0 Å². The van der Waals surface area contributed by atoms with Gasteiger partial charge < -0.3 is 14.8 Å². The van der Waals surface area contributed by atoms with Gasteiger partial charge in [0.2, 0.25) is 10.0 Å². The number of aryl methyl sites for hydroxylation is 1. The Morgan fingerprint density at radius 1 is 1.19 bits per heavy atom. The lowest BCUT2D eigenvalue weighted by Gasteiger charge is -2.22. The molecule has 1 aromatic heterocycles. The van der Waals surface area contributed by atoms with Crippen molar-refractivity contribution < 1.29 is 8.42 Å². The maximum atomic E-state index is 12.2. The van der Waals surface area contributed by atoms with Gasteiger partial charge in [-0.05, 0) is 24.6 Å². The first-order chi connectivity index (χ1) is 12.9. The molecule has 0 bridgehead atoms. The van der Waals surface area contributed by atoms with Crippen molar-refractivity contribution in [1.29, 1.82) is 0 Å². The fourth-order valence-corrected chi connectivity index (χ4v) is 3.44. The minimum atomic E-state index is -3.38. The van der Waals surface area contributed by atoms with E-state index in [0.29, 0.717) is 19.0 Å². The maximum absolute atomic E-state index is 12.2. The molecule has 2 aromatic rings. The molecule has 1 aromatic carbocycles. The lowest BCUT2D eigenvalue weighted by molar-refractivity contribution is 0.462. The number of rotatable bonds is 9. The molecule has 2 N–H and O–H groups in total. The fraction of sp³-hybridized carbons (Fsp3) is 0.421. The number of aliphatic imine (C=N–C) groups is 1. The molecule has 0 saturated carbocycles. The van der Waals surface area contributed by atoms with E-state index in [0.717, 1.165) is 17.8 Å². The summed E-state index contributed by atoms with van der Waals surface area (Å²) >= 11 is 0. The standard InChI is InChI=1S/C19H29N5O2S/c1-4-20-19(24(3)16-18-11-8-13-23(18)2)21-12-14-27(25,26)22-15-17-9-6-5-7-10-17/h5-11,13,22H,4,12,14-16H2,1-3H3,(H,20,21). The van der Waals surface area contributed by atoms with Crippen LogP contribution in [0.1, 0.15) is 18.2 Å². The third kappa shape index (κ3) is 7.07. The van der Waals surface area contributed by atoms with E-state index in [4.69, 9.17) is 0 Å². The van der Waals surface area contributed by atoms with Crippen molar-refractivity contribution >= 4 is 16.0 Å². The van der Waals surface area contributed by atoms with Crippen LogP contribution in [0.3, 0.4) is 0 Å². The van der Waals surface area contributed by atoms with Crippen LogP contribution in [-0.4, -0.2) is 49.7 Å². The van der Waals surface area contributed by atoms with Crippen molar-refractivity contribution in [3.05, 3.63) is 59.9 Å². The highest BCUT2D eigenvalue weighted by Gasteiger charge is 2.12. The second kappa shape index (κ2) is 10.1. The molecule has 0 aliphatic heterocycles. The Kier molecular flexibility index (Phi) is 7.87. The number of aromatic nitrogens is 1. The average Bonchev–Trinajstić information content (AvgIpc) is 3.05. The van der Waals surface area contributed by atoms with Crippen LogP contribution in [-0.2, 0) is 30.2 Å². The number of guanidine groups is 1. The van der Waals surface area contributed by atoms with Gasteiger partial charge in [0.15, 0.2) is 5.96 Å². The monoisotopic (exact) mass is 391 g/mol. The predicted molar refractivity (Wildman–Crippen MR) is 110 cm³/mol. The van der Waals surface area contributed by atoms with Crippen LogP contribution < -0.4 is 10.0 Å². The highest BCUT2D eigenvalue weighted by atomic mass is 32.2. The Morgan fingerprint density at radius 2 is 1.93 bits per heavy atom. The van der Waals surface area contributed by atoms with E-state index < -0.39 is 10.0 Å². The number of nitrogens with one attached hydrogen (secondary N) is 2. The van der Waals surface area contributed by atoms with Gasteiger partial charge in [-0.3, -0.25) is 4.99 Å². The lowest BCUT2D eigenvalue weighted by Crippen LogP contribution is -2.39. The van der Waals surface area contributed by atoms with Crippen LogP contribution in [0.2, 0.25) is 0 Å². The van der Waals surface area contributed by atoms with E-state index in [1.54, 1.807) is 0 Å². The maximum Gasteiger partial charge on any atom is 0.213 e. The van der Waals surface area contributed by atoms with Crippen LogP contribution in [0.5, 0.6) is 0 Å². The molecule has 148 valence electrons. The third-order valence-electron chi connectivity index (χ3n) is 4.11. The van der Waals surface area contributed by atoms with E-state index in [-0.39, 0.29) is 12.3 Å². The lowest BCUT2D eigenvalue weighted by atomic mass is 10.2. The quantitative estimate of drug-likeness (QED) is 0.502. The Bertz CT molecular complexity index is 831. The van der Waals surface area contributed by atoms with Crippen LogP contribution in [0.4, 0.5) is 0 Å². The van der Waals surface area contributed by atoms with Crippen molar-refractivity contribution in [2.45, 2.75) is 20.0 Å². The third-order valence-corrected chi connectivity index (χ3v) is 5.41. The van der Waals surface area contributed by atoms with Gasteiger partial charge in [0.05, 0.1) is 18.8 Å². The van der Waals surface area contributed by atoms with Crippen LogP contribution >= 0.6 is 0 Å². The Balaban J connectivity index is 1.90. The number of benzene rings is 1. The summed E-state index contributed by atoms with van der Waals surface area (Å²) < 4.78 is 29.1. The summed E-state index contributed by atoms with van der Waals surface area (Å²) in [7, 11) is 0.559. The summed E-state index contributed by atoms with van der Waals surface area (Å²) in [6.45, 7) is 3.89. The van der Waals surface area contributed by atoms with Crippen LogP contribution in [0, 0.1) is 0 Å². The molecular weight excluding hydrogens is 362 g/mol. The molecule has 0 amide bonds. The van der Waals surface area contributed by atoms with Gasteiger partial charge in [-0.15, -0.1) is 0 Å². The van der Waals surface area contributed by atoms with Crippen LogP contribution in [0.15, 0.2) is 53.7 Å². The summed E-state index contributed by atoms with van der Waals surface area (Å²) in [5, 5.41) is 3.21. The van der Waals surface area contributed by atoms with Crippen LogP contribution in [0.25, 0.3) is 0 Å². The normalized spacial score (nSPS) is 12.2. The molecule has 0 radical (unpaired) electrons. The largest absolute Gasteiger partial charge is 0.357 e. The van der Waals surface area contributed by atoms with Gasteiger partial charge in [0, 0.05) is 39.1 Å². The topological polar surface area (TPSA) is 78.7 Å². The number of sulfonamides is 1. The first-order valence-electron chi connectivity index (χ1n) is 9.02. The minimum absolute atomic E-state index is 0.0489. The van der Waals surface area contributed by atoms with Crippen molar-refractivity contribution in [3.63, 3.8) is 0 Å². The fourth-order valence-electron chi connectivity index (χ4n) is 2.58. The SMILES string of the molecule is CCNC(=NCCS(=O)(=O)NCc1ccccc1)N(C)Cc1cccn1C. The van der Waals surface area contributed by atoms with Gasteiger partial charge in [-0.1, -0.05) is 30.3 Å². The summed E-state index contributed by atoms with van der Waals surface area (Å²) in [6, 6.07) is 13.5. The van der Waals surface area contributed by atoms with E-state index in [1.807, 2.05) is 68.5 Å². The molecule has 0 aliphatic carbocycles. The molecule has 1 heterocycles. The van der Waals surface area contributed by atoms with Crippen molar-refractivity contribution in [3.8, 4) is 0 Å². The summed E-state index contributed by atoms with van der Waals surface area (Å²) in [5.41, 5.74) is 2.08. The molecule has 0 aliphatic rings. The molecule has 0 spiro atoms. The summed E-state index contributed by atoms with van der Waals surface area (Å²) in [5.74, 6) is 0.643. The number of nitrogens with zero attached hydrogens (tertiary/aromatic N) is 3. The zero-order chi connectivity index (χ0) is 19.7. The minimum Gasteiger partial charge on any atom is -0.357 e. The highest BCUT2D eigenvalue weighted by Crippen LogP contribution is 2.04. The highest BCUT2D eigenvalue weighted by molar-refractivity contribution is 7.89. The first kappa shape index (κ1) is 21.0. The Labute approximate surface area is 162 Å². The van der Waals surface area contributed by atoms with Crippen molar-refractivity contribution in [1.82, 2.24) is 19.5 Å². The smallest absolute Gasteiger partial charge is 0.213 e. The average molecular weight is 392 g/mol. The van der Waals surface area contributed by atoms with E-state index >= 15 is 0 Å². The Morgan fingerprint density at radius 3 is 2.56 bits per heavy atom. The molecular formula is C19H29N5O2S. The molecule has 7 nitrogen and oxygen atoms in total. The van der Waals surface area contributed by atoms with Gasteiger partial charge in [-0.2, -0.15) is 0 Å². The van der Waals surface area contributed by atoms with E-state index in [2.05, 4.69) is 25.7 Å². The molecule has 0 atom stereocenters. The molecule has 0 fully saturated rings. The molecule has 8 heteroatoms. The zero-order valence-corrected chi connectivity index (χ0v) is 17.0.